The minimum Gasteiger partial charge on any atom is -0.381 e. The summed E-state index contributed by atoms with van der Waals surface area (Å²) in [5, 5.41) is 6.41. The molecule has 2 fully saturated rings. The summed E-state index contributed by atoms with van der Waals surface area (Å²) in [4.78, 5) is 12.0. The second kappa shape index (κ2) is 10.2. The number of hydrogen-bond acceptors (Lipinski definition) is 4. The third-order valence-corrected chi connectivity index (χ3v) is 4.86. The van der Waals surface area contributed by atoms with E-state index in [2.05, 4.69) is 17.6 Å². The Morgan fingerprint density at radius 2 is 2.00 bits per heavy atom. The quantitative estimate of drug-likeness (QED) is 0.670. The molecule has 1 amide bonds. The van der Waals surface area contributed by atoms with Crippen LogP contribution in [0.3, 0.4) is 0 Å². The Balaban J connectivity index is 1.48. The van der Waals surface area contributed by atoms with Gasteiger partial charge < -0.3 is 20.1 Å². The fourth-order valence-corrected chi connectivity index (χ4v) is 3.34. The normalized spacial score (nSPS) is 22.4. The first-order valence-corrected chi connectivity index (χ1v) is 8.92. The van der Waals surface area contributed by atoms with Crippen molar-refractivity contribution in [3.63, 3.8) is 0 Å². The summed E-state index contributed by atoms with van der Waals surface area (Å²) in [6.45, 7) is 7.49. The van der Waals surface area contributed by atoms with E-state index in [0.717, 1.165) is 58.7 Å². The fraction of sp³-hybridized carbons (Fsp3) is 0.941. The van der Waals surface area contributed by atoms with Crippen LogP contribution in [0.5, 0.6) is 0 Å². The number of carbonyl (C=O) groups excluding carboxylic acids is 1. The van der Waals surface area contributed by atoms with E-state index in [1.807, 2.05) is 0 Å². The number of piperidine rings is 1. The molecule has 0 aliphatic carbocycles. The van der Waals surface area contributed by atoms with Gasteiger partial charge in [-0.1, -0.05) is 6.92 Å². The van der Waals surface area contributed by atoms with Gasteiger partial charge in [-0.2, -0.15) is 0 Å². The van der Waals surface area contributed by atoms with Crippen LogP contribution in [0, 0.1) is 11.8 Å². The largest absolute Gasteiger partial charge is 0.381 e. The van der Waals surface area contributed by atoms with Gasteiger partial charge in [-0.25, -0.2) is 0 Å². The SMILES string of the molecule is CC(CC(=O)NCCCOC1CCOCC1)C1CCNCC1. The molecule has 2 N–H and O–H groups in total. The first-order chi connectivity index (χ1) is 10.8. The summed E-state index contributed by atoms with van der Waals surface area (Å²) in [6.07, 6.45) is 6.31. The third-order valence-electron chi connectivity index (χ3n) is 4.86. The average Bonchev–Trinajstić information content (AvgIpc) is 2.56. The number of nitrogens with one attached hydrogen (secondary N) is 2. The summed E-state index contributed by atoms with van der Waals surface area (Å²) in [6, 6.07) is 0. The maximum atomic E-state index is 12.0. The molecule has 0 aromatic carbocycles. The molecule has 5 heteroatoms. The molecule has 0 aromatic heterocycles. The molecule has 0 spiro atoms. The smallest absolute Gasteiger partial charge is 0.220 e. The minimum absolute atomic E-state index is 0.192. The summed E-state index contributed by atoms with van der Waals surface area (Å²) >= 11 is 0. The number of hydrogen-bond donors (Lipinski definition) is 2. The molecule has 1 unspecified atom stereocenters. The van der Waals surface area contributed by atoms with Crippen molar-refractivity contribution in [2.75, 3.05) is 39.5 Å². The minimum atomic E-state index is 0.192. The molecule has 2 aliphatic heterocycles. The number of carbonyl (C=O) groups is 1. The van der Waals surface area contributed by atoms with Crippen LogP contribution in [0.25, 0.3) is 0 Å². The van der Waals surface area contributed by atoms with E-state index in [1.165, 1.54) is 12.8 Å². The van der Waals surface area contributed by atoms with Crippen molar-refractivity contribution in [3.05, 3.63) is 0 Å². The van der Waals surface area contributed by atoms with Crippen LogP contribution in [0.2, 0.25) is 0 Å². The molecule has 0 saturated carbocycles. The Morgan fingerprint density at radius 3 is 2.73 bits per heavy atom. The second-order valence-corrected chi connectivity index (χ2v) is 6.65. The van der Waals surface area contributed by atoms with Gasteiger partial charge in [0.05, 0.1) is 6.10 Å². The summed E-state index contributed by atoms with van der Waals surface area (Å²) in [5.74, 6) is 1.38. The Morgan fingerprint density at radius 1 is 1.27 bits per heavy atom. The third kappa shape index (κ3) is 6.63. The molecular formula is C17H32N2O3. The second-order valence-electron chi connectivity index (χ2n) is 6.65. The maximum Gasteiger partial charge on any atom is 0.220 e. The van der Waals surface area contributed by atoms with Gasteiger partial charge in [0.15, 0.2) is 0 Å². The van der Waals surface area contributed by atoms with Gasteiger partial charge in [-0.3, -0.25) is 4.79 Å². The lowest BCUT2D eigenvalue weighted by atomic mass is 9.84. The lowest BCUT2D eigenvalue weighted by molar-refractivity contribution is -0.122. The zero-order valence-corrected chi connectivity index (χ0v) is 13.9. The van der Waals surface area contributed by atoms with E-state index in [9.17, 15) is 4.79 Å². The van der Waals surface area contributed by atoms with Gasteiger partial charge in [0.25, 0.3) is 0 Å². The van der Waals surface area contributed by atoms with Crippen molar-refractivity contribution in [2.45, 2.75) is 51.6 Å². The maximum absolute atomic E-state index is 12.0. The Labute approximate surface area is 134 Å². The Hall–Kier alpha value is -0.650. The molecule has 22 heavy (non-hydrogen) atoms. The van der Waals surface area contributed by atoms with E-state index < -0.39 is 0 Å². The van der Waals surface area contributed by atoms with Crippen molar-refractivity contribution >= 4 is 5.91 Å². The van der Waals surface area contributed by atoms with E-state index in [-0.39, 0.29) is 5.91 Å². The predicted octanol–water partition coefficient (Wildman–Crippen LogP) is 1.71. The highest BCUT2D eigenvalue weighted by molar-refractivity contribution is 5.76. The average molecular weight is 312 g/mol. The van der Waals surface area contributed by atoms with Crippen LogP contribution in [0.15, 0.2) is 0 Å². The highest BCUT2D eigenvalue weighted by atomic mass is 16.5. The van der Waals surface area contributed by atoms with Crippen LogP contribution in [0.1, 0.15) is 45.4 Å². The molecule has 2 saturated heterocycles. The van der Waals surface area contributed by atoms with Gasteiger partial charge in [0.1, 0.15) is 0 Å². The molecule has 2 aliphatic rings. The van der Waals surface area contributed by atoms with Crippen LogP contribution in [-0.2, 0) is 14.3 Å². The Kier molecular flexibility index (Phi) is 8.20. The van der Waals surface area contributed by atoms with Gasteiger partial charge >= 0.3 is 0 Å². The molecule has 2 rings (SSSR count). The molecule has 5 nitrogen and oxygen atoms in total. The van der Waals surface area contributed by atoms with Gasteiger partial charge in [-0.15, -0.1) is 0 Å². The monoisotopic (exact) mass is 312 g/mol. The van der Waals surface area contributed by atoms with Gasteiger partial charge in [-0.05, 0) is 57.0 Å². The first-order valence-electron chi connectivity index (χ1n) is 8.92. The summed E-state index contributed by atoms with van der Waals surface area (Å²) in [7, 11) is 0. The number of amides is 1. The molecule has 0 bridgehead atoms. The standard InChI is InChI=1S/C17H32N2O3/c1-14(15-3-8-18-9-4-15)13-17(20)19-7-2-10-22-16-5-11-21-12-6-16/h14-16,18H,2-13H2,1H3,(H,19,20). The number of ether oxygens (including phenoxy) is 2. The molecule has 0 aromatic rings. The molecule has 0 radical (unpaired) electrons. The van der Waals surface area contributed by atoms with Crippen molar-refractivity contribution in [1.29, 1.82) is 0 Å². The van der Waals surface area contributed by atoms with Crippen molar-refractivity contribution in [2.24, 2.45) is 11.8 Å². The van der Waals surface area contributed by atoms with Crippen LogP contribution in [0.4, 0.5) is 0 Å². The molecule has 1 atom stereocenters. The van der Waals surface area contributed by atoms with Crippen molar-refractivity contribution in [3.8, 4) is 0 Å². The highest BCUT2D eigenvalue weighted by Crippen LogP contribution is 2.24. The van der Waals surface area contributed by atoms with Crippen LogP contribution in [-0.4, -0.2) is 51.5 Å². The zero-order valence-electron chi connectivity index (χ0n) is 13.9. The highest BCUT2D eigenvalue weighted by Gasteiger charge is 2.21. The van der Waals surface area contributed by atoms with Crippen molar-refractivity contribution in [1.82, 2.24) is 10.6 Å². The van der Waals surface area contributed by atoms with E-state index in [4.69, 9.17) is 9.47 Å². The van der Waals surface area contributed by atoms with E-state index >= 15 is 0 Å². The number of rotatable bonds is 8. The fourth-order valence-electron chi connectivity index (χ4n) is 3.34. The molecular weight excluding hydrogens is 280 g/mol. The lowest BCUT2D eigenvalue weighted by Gasteiger charge is -2.27. The topological polar surface area (TPSA) is 59.6 Å². The van der Waals surface area contributed by atoms with Gasteiger partial charge in [0, 0.05) is 32.8 Å². The Bertz CT molecular complexity index is 313. The zero-order chi connectivity index (χ0) is 15.6. The van der Waals surface area contributed by atoms with Crippen LogP contribution < -0.4 is 10.6 Å². The summed E-state index contributed by atoms with van der Waals surface area (Å²) < 4.78 is 11.1. The first kappa shape index (κ1) is 17.7. The predicted molar refractivity (Wildman–Crippen MR) is 86.8 cm³/mol. The molecule has 128 valence electrons. The van der Waals surface area contributed by atoms with E-state index in [0.29, 0.717) is 24.4 Å². The molecule has 2 heterocycles. The van der Waals surface area contributed by atoms with E-state index in [1.54, 1.807) is 0 Å². The summed E-state index contributed by atoms with van der Waals surface area (Å²) in [5.41, 5.74) is 0. The van der Waals surface area contributed by atoms with Crippen molar-refractivity contribution < 1.29 is 14.3 Å². The van der Waals surface area contributed by atoms with Gasteiger partial charge in [0.2, 0.25) is 5.91 Å². The van der Waals surface area contributed by atoms with Crippen LogP contribution >= 0.6 is 0 Å². The lowest BCUT2D eigenvalue weighted by Crippen LogP contribution is -2.34.